The maximum atomic E-state index is 11.7. The molecule has 1 amide bonds. The Hall–Kier alpha value is -0.770. The minimum atomic E-state index is -0.560. The third-order valence-electron chi connectivity index (χ3n) is 2.21. The van der Waals surface area contributed by atoms with Gasteiger partial charge < -0.3 is 11.1 Å². The molecule has 3 N–H and O–H groups in total. The Bertz CT molecular complexity index is 394. The van der Waals surface area contributed by atoms with Crippen LogP contribution >= 0.6 is 23.2 Å². The number of benzene rings is 1. The van der Waals surface area contributed by atoms with Gasteiger partial charge in [-0.15, -0.1) is 0 Å². The van der Waals surface area contributed by atoms with Gasteiger partial charge in [0.1, 0.15) is 0 Å². The molecule has 3 nitrogen and oxygen atoms in total. The van der Waals surface area contributed by atoms with Crippen molar-refractivity contribution in [2.24, 2.45) is 11.7 Å². The summed E-state index contributed by atoms with van der Waals surface area (Å²) in [4.78, 5) is 11.7. The highest BCUT2D eigenvalue weighted by atomic mass is 35.5. The van der Waals surface area contributed by atoms with Crippen molar-refractivity contribution in [3.63, 3.8) is 0 Å². The average molecular weight is 261 g/mol. The third-order valence-corrected chi connectivity index (χ3v) is 2.77. The van der Waals surface area contributed by atoms with E-state index in [4.69, 9.17) is 28.9 Å². The molecule has 5 heteroatoms. The summed E-state index contributed by atoms with van der Waals surface area (Å²) in [7, 11) is 0. The molecule has 0 radical (unpaired) electrons. The van der Waals surface area contributed by atoms with Crippen LogP contribution in [0.2, 0.25) is 10.0 Å². The zero-order chi connectivity index (χ0) is 12.3. The Balaban J connectivity index is 2.80. The van der Waals surface area contributed by atoms with Crippen LogP contribution < -0.4 is 11.1 Å². The molecular weight excluding hydrogens is 247 g/mol. The molecule has 0 aliphatic carbocycles. The lowest BCUT2D eigenvalue weighted by molar-refractivity contribution is -0.118. The van der Waals surface area contributed by atoms with E-state index in [0.29, 0.717) is 15.7 Å². The Labute approximate surface area is 105 Å². The van der Waals surface area contributed by atoms with Crippen molar-refractivity contribution in [3.05, 3.63) is 28.2 Å². The van der Waals surface area contributed by atoms with E-state index in [1.807, 2.05) is 13.8 Å². The highest BCUT2D eigenvalue weighted by Gasteiger charge is 2.18. The molecule has 1 unspecified atom stereocenters. The molecular formula is C11H14Cl2N2O. The largest absolute Gasteiger partial charge is 0.323 e. The van der Waals surface area contributed by atoms with E-state index in [1.165, 1.54) is 0 Å². The lowest BCUT2D eigenvalue weighted by atomic mass is 10.1. The van der Waals surface area contributed by atoms with Crippen molar-refractivity contribution in [1.29, 1.82) is 0 Å². The molecule has 0 aliphatic rings. The molecule has 16 heavy (non-hydrogen) atoms. The van der Waals surface area contributed by atoms with E-state index in [-0.39, 0.29) is 11.8 Å². The molecule has 0 heterocycles. The number of nitrogens with one attached hydrogen (secondary N) is 1. The van der Waals surface area contributed by atoms with Gasteiger partial charge in [0.2, 0.25) is 5.91 Å². The second-order valence-electron chi connectivity index (χ2n) is 3.88. The summed E-state index contributed by atoms with van der Waals surface area (Å²) in [5.74, 6) is -0.197. The van der Waals surface area contributed by atoms with Gasteiger partial charge in [-0.05, 0) is 24.1 Å². The van der Waals surface area contributed by atoms with Gasteiger partial charge in [-0.1, -0.05) is 37.0 Å². The predicted octanol–water partition coefficient (Wildman–Crippen LogP) is 2.92. The van der Waals surface area contributed by atoms with Crippen molar-refractivity contribution in [2.45, 2.75) is 19.9 Å². The first-order valence-electron chi connectivity index (χ1n) is 4.93. The summed E-state index contributed by atoms with van der Waals surface area (Å²) >= 11 is 11.7. The van der Waals surface area contributed by atoms with Gasteiger partial charge >= 0.3 is 0 Å². The molecule has 1 rings (SSSR count). The number of nitrogens with two attached hydrogens (primary N) is 1. The number of hydrogen-bond acceptors (Lipinski definition) is 2. The van der Waals surface area contributed by atoms with Gasteiger partial charge in [-0.25, -0.2) is 0 Å². The minimum Gasteiger partial charge on any atom is -0.323 e. The van der Waals surface area contributed by atoms with E-state index in [1.54, 1.807) is 18.2 Å². The van der Waals surface area contributed by atoms with Gasteiger partial charge in [0, 0.05) is 5.02 Å². The first-order chi connectivity index (χ1) is 7.41. The maximum Gasteiger partial charge on any atom is 0.241 e. The second kappa shape index (κ2) is 5.53. The molecule has 0 saturated heterocycles. The Morgan fingerprint density at radius 1 is 1.38 bits per heavy atom. The summed E-state index contributed by atoms with van der Waals surface area (Å²) in [6.45, 7) is 3.76. The minimum absolute atomic E-state index is 0.0676. The topological polar surface area (TPSA) is 55.1 Å². The van der Waals surface area contributed by atoms with E-state index in [2.05, 4.69) is 5.32 Å². The normalized spacial score (nSPS) is 12.6. The maximum absolute atomic E-state index is 11.7. The Morgan fingerprint density at radius 3 is 2.56 bits per heavy atom. The summed E-state index contributed by atoms with van der Waals surface area (Å²) in [6, 6.07) is 4.31. The van der Waals surface area contributed by atoms with Crippen LogP contribution in [0.4, 0.5) is 5.69 Å². The molecule has 0 aliphatic heterocycles. The Morgan fingerprint density at radius 2 is 2.00 bits per heavy atom. The van der Waals surface area contributed by atoms with Crippen molar-refractivity contribution in [2.75, 3.05) is 5.32 Å². The van der Waals surface area contributed by atoms with Gasteiger partial charge in [0.25, 0.3) is 0 Å². The van der Waals surface area contributed by atoms with Crippen LogP contribution in [0.15, 0.2) is 18.2 Å². The van der Waals surface area contributed by atoms with Crippen molar-refractivity contribution in [3.8, 4) is 0 Å². The smallest absolute Gasteiger partial charge is 0.241 e. The van der Waals surface area contributed by atoms with Crippen LogP contribution in [0.25, 0.3) is 0 Å². The van der Waals surface area contributed by atoms with Gasteiger partial charge in [0.15, 0.2) is 0 Å². The second-order valence-corrected chi connectivity index (χ2v) is 4.73. The fraction of sp³-hybridized carbons (Fsp3) is 0.364. The van der Waals surface area contributed by atoms with Crippen molar-refractivity contribution >= 4 is 34.8 Å². The number of anilines is 1. The fourth-order valence-corrected chi connectivity index (χ4v) is 1.45. The molecule has 0 bridgehead atoms. The third kappa shape index (κ3) is 3.37. The predicted molar refractivity (Wildman–Crippen MR) is 67.9 cm³/mol. The SMILES string of the molecule is CC(C)C(N)C(=O)Nc1cc(Cl)ccc1Cl. The van der Waals surface area contributed by atoms with Crippen LogP contribution in [0.1, 0.15) is 13.8 Å². The number of amides is 1. The quantitative estimate of drug-likeness (QED) is 0.878. The monoisotopic (exact) mass is 260 g/mol. The van der Waals surface area contributed by atoms with Gasteiger partial charge in [-0.2, -0.15) is 0 Å². The summed E-state index contributed by atoms with van der Waals surface area (Å²) in [5.41, 5.74) is 6.19. The molecule has 88 valence electrons. The van der Waals surface area contributed by atoms with Gasteiger partial charge in [-0.3, -0.25) is 4.79 Å². The molecule has 0 aromatic heterocycles. The number of halogens is 2. The highest BCUT2D eigenvalue weighted by Crippen LogP contribution is 2.25. The number of carbonyl (C=O) groups is 1. The lowest BCUT2D eigenvalue weighted by Gasteiger charge is -2.16. The lowest BCUT2D eigenvalue weighted by Crippen LogP contribution is -2.39. The first-order valence-corrected chi connectivity index (χ1v) is 5.69. The number of carbonyl (C=O) groups excluding carboxylic acids is 1. The molecule has 0 spiro atoms. The zero-order valence-electron chi connectivity index (χ0n) is 9.13. The van der Waals surface area contributed by atoms with Crippen molar-refractivity contribution < 1.29 is 4.79 Å². The first kappa shape index (κ1) is 13.3. The van der Waals surface area contributed by atoms with E-state index >= 15 is 0 Å². The molecule has 1 aromatic carbocycles. The van der Waals surface area contributed by atoms with Crippen LogP contribution in [-0.4, -0.2) is 11.9 Å². The summed E-state index contributed by atoms with van der Waals surface area (Å²) in [5, 5.41) is 3.60. The number of hydrogen-bond donors (Lipinski definition) is 2. The molecule has 1 aromatic rings. The molecule has 0 fully saturated rings. The van der Waals surface area contributed by atoms with Crippen LogP contribution in [0.5, 0.6) is 0 Å². The Kier molecular flexibility index (Phi) is 4.59. The average Bonchev–Trinajstić information content (AvgIpc) is 2.22. The van der Waals surface area contributed by atoms with Crippen LogP contribution in [0.3, 0.4) is 0 Å². The standard InChI is InChI=1S/C11H14Cl2N2O/c1-6(2)10(14)11(16)15-9-5-7(12)3-4-8(9)13/h3-6,10H,14H2,1-2H3,(H,15,16). The number of rotatable bonds is 3. The van der Waals surface area contributed by atoms with E-state index < -0.39 is 6.04 Å². The van der Waals surface area contributed by atoms with Crippen LogP contribution in [-0.2, 0) is 4.79 Å². The van der Waals surface area contributed by atoms with E-state index in [0.717, 1.165) is 0 Å². The summed E-state index contributed by atoms with van der Waals surface area (Å²) in [6.07, 6.45) is 0. The van der Waals surface area contributed by atoms with Crippen molar-refractivity contribution in [1.82, 2.24) is 0 Å². The highest BCUT2D eigenvalue weighted by molar-refractivity contribution is 6.35. The molecule has 0 saturated carbocycles. The summed E-state index contributed by atoms with van der Waals surface area (Å²) < 4.78 is 0. The van der Waals surface area contributed by atoms with Crippen LogP contribution in [0, 0.1) is 5.92 Å². The fourth-order valence-electron chi connectivity index (χ4n) is 1.11. The zero-order valence-corrected chi connectivity index (χ0v) is 10.6. The molecule has 1 atom stereocenters. The van der Waals surface area contributed by atoms with Gasteiger partial charge in [0.05, 0.1) is 16.8 Å². The van der Waals surface area contributed by atoms with E-state index in [9.17, 15) is 4.79 Å².